The van der Waals surface area contributed by atoms with E-state index in [1.807, 2.05) is 20.8 Å². The van der Waals surface area contributed by atoms with Crippen LogP contribution in [0.3, 0.4) is 0 Å². The van der Waals surface area contributed by atoms with E-state index in [9.17, 15) is 81.7 Å². The maximum atomic E-state index is 12.9. The first-order valence-electron chi connectivity index (χ1n) is 30.2. The van der Waals surface area contributed by atoms with Crippen LogP contribution in [0.2, 0.25) is 0 Å². The van der Waals surface area contributed by atoms with Crippen molar-refractivity contribution in [2.75, 3.05) is 33.0 Å². The molecule has 0 aromatic heterocycles. The van der Waals surface area contributed by atoms with Gasteiger partial charge in [0.1, 0.15) is 110 Å². The fourth-order valence-electron chi connectivity index (χ4n) is 17.2. The normalized spacial score (nSPS) is 53.0. The van der Waals surface area contributed by atoms with Crippen molar-refractivity contribution in [3.8, 4) is 0 Å². The zero-order valence-corrected chi connectivity index (χ0v) is 49.5. The maximum absolute atomic E-state index is 12.9. The molecule has 4 aliphatic carbocycles. The quantitative estimate of drug-likeness (QED) is 0.0507. The number of aliphatic hydroxyl groups excluding tert-OH is 16. The molecule has 5 saturated heterocycles. The van der Waals surface area contributed by atoms with Crippen LogP contribution in [0, 0.1) is 45.3 Å². The lowest BCUT2D eigenvalue weighted by Crippen LogP contribution is -2.68. The largest absolute Gasteiger partial charge is 0.394 e. The molecule has 33 atom stereocenters. The van der Waals surface area contributed by atoms with E-state index in [1.165, 1.54) is 0 Å². The Kier molecular flexibility index (Phi) is 20.6. The summed E-state index contributed by atoms with van der Waals surface area (Å²) >= 11 is 0. The summed E-state index contributed by atoms with van der Waals surface area (Å²) in [7, 11) is 0. The highest BCUT2D eigenvalue weighted by molar-refractivity contribution is 5.21. The molecule has 0 bridgehead atoms. The Hall–Kier alpha value is -1.30. The van der Waals surface area contributed by atoms with Crippen LogP contribution in [0.4, 0.5) is 0 Å². The Labute approximate surface area is 490 Å². The number of fused-ring (bicyclic) bond motifs is 5. The lowest BCUT2D eigenvalue weighted by molar-refractivity contribution is -0.395. The molecule has 5 heterocycles. The highest BCUT2D eigenvalue weighted by atomic mass is 16.8. The van der Waals surface area contributed by atoms with E-state index in [1.54, 1.807) is 0 Å². The smallest absolute Gasteiger partial charge is 0.187 e. The SMILES string of the molecule is CC(C)=CCC[C@](C)(O[C@@H]1O[C@H](CO[C@@H]2OC[C@@H](O)[C@H](O)[C@H]2O)[C@@H](O)[C@H](O)[C@H]1O)[C@H]1CC[C@]2(C)[C@@H]1[C@H](O)C[C@@H]1[C@@]3(C)CC[C@H](O[C@@H]4O[C@H](CO)[C@H](O)[C@@H](O)[C@H]4O[C@@H]4O[C@H](CO)[C@@H](O)[C@H](O)[C@H]4O[C@@H]4OC[C@@H](O)[C@H](O)[C@H]4O)C(C)(C)[C@H]3CC[C@]12C. The van der Waals surface area contributed by atoms with Crippen LogP contribution in [0.5, 0.6) is 0 Å². The number of aliphatic hydroxyl groups is 16. The highest BCUT2D eigenvalue weighted by Gasteiger charge is 2.72. The summed E-state index contributed by atoms with van der Waals surface area (Å²) in [6.45, 7) is 14.3. The molecule has 486 valence electrons. The van der Waals surface area contributed by atoms with E-state index in [2.05, 4.69) is 40.7 Å². The van der Waals surface area contributed by atoms with Crippen LogP contribution in [-0.2, 0) is 47.4 Å². The number of rotatable bonds is 17. The Bertz CT molecular complexity index is 2210. The van der Waals surface area contributed by atoms with Gasteiger partial charge in [0.25, 0.3) is 0 Å². The van der Waals surface area contributed by atoms with Crippen molar-refractivity contribution in [2.24, 2.45) is 45.3 Å². The Morgan fingerprint density at radius 1 is 0.524 bits per heavy atom. The fraction of sp³-hybridized carbons (Fsp3) is 0.966. The van der Waals surface area contributed by atoms with Crippen LogP contribution in [0.1, 0.15) is 113 Å². The van der Waals surface area contributed by atoms with Crippen molar-refractivity contribution in [1.29, 1.82) is 0 Å². The van der Waals surface area contributed by atoms with E-state index in [0.29, 0.717) is 38.5 Å². The summed E-state index contributed by atoms with van der Waals surface area (Å²) in [6.07, 6.45) is -30.9. The number of hydrogen-bond acceptors (Lipinski definition) is 26. The van der Waals surface area contributed by atoms with E-state index in [4.69, 9.17) is 47.4 Å². The fourth-order valence-corrected chi connectivity index (χ4v) is 17.2. The average molecular weight is 1210 g/mol. The summed E-state index contributed by atoms with van der Waals surface area (Å²) in [4.78, 5) is 0. The predicted molar refractivity (Wildman–Crippen MR) is 287 cm³/mol. The molecule has 9 fully saturated rings. The molecule has 26 heteroatoms. The molecule has 9 aliphatic rings. The first-order chi connectivity index (χ1) is 39.4. The second-order valence-electron chi connectivity index (χ2n) is 27.7. The number of allylic oxidation sites excluding steroid dienone is 2. The van der Waals surface area contributed by atoms with E-state index >= 15 is 0 Å². The van der Waals surface area contributed by atoms with Gasteiger partial charge < -0.3 is 129 Å². The summed E-state index contributed by atoms with van der Waals surface area (Å²) in [5.74, 6) is -0.576. The van der Waals surface area contributed by atoms with Gasteiger partial charge in [0.2, 0.25) is 0 Å². The van der Waals surface area contributed by atoms with Crippen molar-refractivity contribution in [3.05, 3.63) is 11.6 Å². The summed E-state index contributed by atoms with van der Waals surface area (Å²) in [5, 5.41) is 175. The molecule has 0 radical (unpaired) electrons. The zero-order valence-electron chi connectivity index (χ0n) is 49.5. The number of ether oxygens (including phenoxy) is 10. The lowest BCUT2D eigenvalue weighted by atomic mass is 9.35. The Balaban J connectivity index is 0.934. The third-order valence-corrected chi connectivity index (χ3v) is 22.2. The number of hydrogen-bond donors (Lipinski definition) is 16. The summed E-state index contributed by atoms with van der Waals surface area (Å²) < 4.78 is 60.9. The van der Waals surface area contributed by atoms with Crippen LogP contribution >= 0.6 is 0 Å². The molecule has 26 nitrogen and oxygen atoms in total. The first kappa shape index (κ1) is 67.1. The molecular weight excluding hydrogens is 1110 g/mol. The van der Waals surface area contributed by atoms with Crippen molar-refractivity contribution in [1.82, 2.24) is 0 Å². The minimum absolute atomic E-state index is 0.00387. The molecule has 4 saturated carbocycles. The van der Waals surface area contributed by atoms with Gasteiger partial charge in [-0.2, -0.15) is 0 Å². The van der Waals surface area contributed by atoms with E-state index in [-0.39, 0.29) is 41.1 Å². The van der Waals surface area contributed by atoms with Crippen LogP contribution < -0.4 is 0 Å². The van der Waals surface area contributed by atoms with Gasteiger partial charge in [0.15, 0.2) is 31.5 Å². The molecule has 9 rings (SSSR count). The van der Waals surface area contributed by atoms with Crippen molar-refractivity contribution < 1.29 is 129 Å². The van der Waals surface area contributed by atoms with Crippen LogP contribution in [0.15, 0.2) is 11.6 Å². The molecule has 0 aromatic carbocycles. The van der Waals surface area contributed by atoms with Gasteiger partial charge in [-0.3, -0.25) is 0 Å². The molecule has 5 aliphatic heterocycles. The molecular formula is C58H98O26. The van der Waals surface area contributed by atoms with Crippen molar-refractivity contribution in [2.45, 2.75) is 272 Å². The van der Waals surface area contributed by atoms with Gasteiger partial charge >= 0.3 is 0 Å². The standard InChI is InChI=1S/C58H98O26/c1-24(2)10-9-14-58(8,84-51-46(74)41(69)40(68)31(80-51)23-77-49-44(72)36(64)27(62)21-75-49)25-11-16-57(7)35(25)26(61)18-33-55(5)15-13-34(54(3,4)32(55)12-17-56(33,57)6)81-52-47(42(70)38(66)29(19-59)78-52)83-53-48(43(71)39(67)30(20-60)79-53)82-50-45(73)37(65)28(63)22-76-50/h10,25-53,59-74H,9,11-23H2,1-8H3/t25-,26+,27+,28+,29+,30+,31+,32+,33+,34-,35-,36-,37-,38-,39+,40+,41-,42+,43-,44+,45+,46+,47+,48+,49-,50-,51-,52-,53-,55-,56+,57+,58-/m0/s1. The average Bonchev–Trinajstić information content (AvgIpc) is 1.22. The summed E-state index contributed by atoms with van der Waals surface area (Å²) in [5.41, 5.74) is -1.75. The van der Waals surface area contributed by atoms with Crippen molar-refractivity contribution in [3.63, 3.8) is 0 Å². The van der Waals surface area contributed by atoms with E-state index < -0.39 is 196 Å². The summed E-state index contributed by atoms with van der Waals surface area (Å²) in [6, 6.07) is 0. The third-order valence-electron chi connectivity index (χ3n) is 22.2. The molecule has 16 N–H and O–H groups in total. The predicted octanol–water partition coefficient (Wildman–Crippen LogP) is -3.10. The molecule has 0 spiro atoms. The Morgan fingerprint density at radius 2 is 1.04 bits per heavy atom. The molecule has 0 amide bonds. The van der Waals surface area contributed by atoms with Gasteiger partial charge in [-0.25, -0.2) is 0 Å². The van der Waals surface area contributed by atoms with Crippen molar-refractivity contribution >= 4 is 0 Å². The maximum Gasteiger partial charge on any atom is 0.187 e. The van der Waals surface area contributed by atoms with Gasteiger partial charge in [0.05, 0.1) is 50.8 Å². The molecule has 84 heavy (non-hydrogen) atoms. The minimum atomic E-state index is -1.88. The lowest BCUT2D eigenvalue weighted by Gasteiger charge is -2.71. The zero-order chi connectivity index (χ0) is 61.5. The molecule has 0 aromatic rings. The van der Waals surface area contributed by atoms with Gasteiger partial charge in [-0.05, 0) is 124 Å². The topological polar surface area (TPSA) is 416 Å². The monoisotopic (exact) mass is 1210 g/mol. The molecule has 0 unspecified atom stereocenters. The van der Waals surface area contributed by atoms with Gasteiger partial charge in [0, 0.05) is 0 Å². The van der Waals surface area contributed by atoms with E-state index in [0.717, 1.165) is 24.8 Å². The van der Waals surface area contributed by atoms with Crippen LogP contribution in [-0.4, -0.2) is 274 Å². The second-order valence-corrected chi connectivity index (χ2v) is 27.7. The first-order valence-corrected chi connectivity index (χ1v) is 30.2. The Morgan fingerprint density at radius 3 is 1.62 bits per heavy atom. The van der Waals surface area contributed by atoms with Crippen LogP contribution in [0.25, 0.3) is 0 Å². The minimum Gasteiger partial charge on any atom is -0.394 e. The third kappa shape index (κ3) is 12.0. The second kappa shape index (κ2) is 25.8. The van der Waals surface area contributed by atoms with Gasteiger partial charge in [-0.1, -0.05) is 46.3 Å². The van der Waals surface area contributed by atoms with Gasteiger partial charge in [-0.15, -0.1) is 0 Å². The highest BCUT2D eigenvalue weighted by Crippen LogP contribution is 2.76.